The maximum absolute atomic E-state index is 12.2. The van der Waals surface area contributed by atoms with Crippen LogP contribution in [0.25, 0.3) is 0 Å². The second kappa shape index (κ2) is 5.81. The average molecular weight is 282 g/mol. The number of nitrogens with one attached hydrogen (secondary N) is 2. The predicted octanol–water partition coefficient (Wildman–Crippen LogP) is 0.517. The van der Waals surface area contributed by atoms with Crippen molar-refractivity contribution >= 4 is 17.8 Å². The zero-order valence-corrected chi connectivity index (χ0v) is 11.9. The summed E-state index contributed by atoms with van der Waals surface area (Å²) in [6, 6.07) is -0.367. The maximum atomic E-state index is 12.2. The maximum Gasteiger partial charge on any atom is 0.307 e. The van der Waals surface area contributed by atoms with Gasteiger partial charge in [0.1, 0.15) is 6.04 Å². The fourth-order valence-electron chi connectivity index (χ4n) is 2.79. The Hall–Kier alpha value is -1.59. The first-order valence-electron chi connectivity index (χ1n) is 7.22. The minimum atomic E-state index is -0.926. The standard InChI is InChI=1S/C14H22N2O4/c1-7-5-10(11(6-7)14(19)20)13(18)15-8(2)12(17)16-9-3-4-9/h7-11H,3-6H2,1-2H3,(H,15,18)(H,16,17)(H,19,20)/t7?,8?,10-,11+/m0/s1. The molecule has 0 aromatic rings. The lowest BCUT2D eigenvalue weighted by Crippen LogP contribution is -2.48. The van der Waals surface area contributed by atoms with E-state index in [2.05, 4.69) is 10.6 Å². The molecular weight excluding hydrogens is 260 g/mol. The molecule has 0 aromatic carbocycles. The molecule has 3 N–H and O–H groups in total. The first-order valence-corrected chi connectivity index (χ1v) is 7.22. The fourth-order valence-corrected chi connectivity index (χ4v) is 2.79. The van der Waals surface area contributed by atoms with Crippen LogP contribution in [-0.4, -0.2) is 35.0 Å². The molecule has 112 valence electrons. The van der Waals surface area contributed by atoms with E-state index in [1.807, 2.05) is 6.92 Å². The van der Waals surface area contributed by atoms with Crippen molar-refractivity contribution in [1.29, 1.82) is 0 Å². The highest BCUT2D eigenvalue weighted by Crippen LogP contribution is 2.36. The first-order chi connectivity index (χ1) is 9.38. The van der Waals surface area contributed by atoms with E-state index in [0.717, 1.165) is 12.8 Å². The highest BCUT2D eigenvalue weighted by Gasteiger charge is 2.41. The molecule has 0 bridgehead atoms. The van der Waals surface area contributed by atoms with Gasteiger partial charge in [-0.1, -0.05) is 6.92 Å². The van der Waals surface area contributed by atoms with Gasteiger partial charge in [0.15, 0.2) is 0 Å². The van der Waals surface area contributed by atoms with E-state index in [0.29, 0.717) is 12.8 Å². The summed E-state index contributed by atoms with van der Waals surface area (Å²) in [4.78, 5) is 35.1. The van der Waals surface area contributed by atoms with Crippen molar-refractivity contribution in [3.05, 3.63) is 0 Å². The van der Waals surface area contributed by atoms with Crippen molar-refractivity contribution in [1.82, 2.24) is 10.6 Å². The van der Waals surface area contributed by atoms with Gasteiger partial charge in [0.25, 0.3) is 0 Å². The Labute approximate surface area is 118 Å². The van der Waals surface area contributed by atoms with Crippen molar-refractivity contribution in [2.45, 2.75) is 51.6 Å². The molecule has 6 heteroatoms. The normalized spacial score (nSPS) is 30.6. The van der Waals surface area contributed by atoms with Crippen LogP contribution in [0.4, 0.5) is 0 Å². The minimum absolute atomic E-state index is 0.196. The molecule has 2 saturated carbocycles. The third kappa shape index (κ3) is 3.49. The largest absolute Gasteiger partial charge is 0.481 e. The van der Waals surface area contributed by atoms with Crippen LogP contribution in [0.1, 0.15) is 39.5 Å². The van der Waals surface area contributed by atoms with E-state index in [4.69, 9.17) is 5.11 Å². The van der Waals surface area contributed by atoms with Gasteiger partial charge in [-0.15, -0.1) is 0 Å². The molecule has 0 heterocycles. The highest BCUT2D eigenvalue weighted by molar-refractivity contribution is 5.90. The summed E-state index contributed by atoms with van der Waals surface area (Å²) in [5, 5.41) is 14.6. The van der Waals surface area contributed by atoms with Gasteiger partial charge in [-0.2, -0.15) is 0 Å². The van der Waals surface area contributed by atoms with Crippen molar-refractivity contribution in [2.75, 3.05) is 0 Å². The van der Waals surface area contributed by atoms with Crippen molar-refractivity contribution in [2.24, 2.45) is 17.8 Å². The van der Waals surface area contributed by atoms with Crippen LogP contribution >= 0.6 is 0 Å². The van der Waals surface area contributed by atoms with Crippen LogP contribution in [0.15, 0.2) is 0 Å². The predicted molar refractivity (Wildman–Crippen MR) is 71.8 cm³/mol. The van der Waals surface area contributed by atoms with Gasteiger partial charge in [0, 0.05) is 6.04 Å². The molecule has 0 aromatic heterocycles. The van der Waals surface area contributed by atoms with Gasteiger partial charge in [0.2, 0.25) is 11.8 Å². The van der Waals surface area contributed by atoms with Crippen molar-refractivity contribution < 1.29 is 19.5 Å². The summed E-state index contributed by atoms with van der Waals surface area (Å²) < 4.78 is 0. The fraction of sp³-hybridized carbons (Fsp3) is 0.786. The summed E-state index contributed by atoms with van der Waals surface area (Å²) in [5.74, 6) is -2.38. The van der Waals surface area contributed by atoms with E-state index < -0.39 is 23.8 Å². The van der Waals surface area contributed by atoms with Crippen molar-refractivity contribution in [3.63, 3.8) is 0 Å². The number of carbonyl (C=O) groups excluding carboxylic acids is 2. The van der Waals surface area contributed by atoms with Gasteiger partial charge in [-0.25, -0.2) is 0 Å². The smallest absolute Gasteiger partial charge is 0.307 e. The summed E-state index contributed by atoms with van der Waals surface area (Å²) >= 11 is 0. The van der Waals surface area contributed by atoms with Gasteiger partial charge >= 0.3 is 5.97 Å². The number of amides is 2. The van der Waals surface area contributed by atoms with Crippen LogP contribution in [-0.2, 0) is 14.4 Å². The second-order valence-corrected chi connectivity index (χ2v) is 6.14. The Morgan fingerprint density at radius 1 is 1.15 bits per heavy atom. The number of rotatable bonds is 5. The highest BCUT2D eigenvalue weighted by atomic mass is 16.4. The quantitative estimate of drug-likeness (QED) is 0.685. The monoisotopic (exact) mass is 282 g/mol. The molecule has 6 nitrogen and oxygen atoms in total. The number of aliphatic carboxylic acids is 1. The molecule has 20 heavy (non-hydrogen) atoms. The summed E-state index contributed by atoms with van der Waals surface area (Å²) in [6.45, 7) is 3.58. The molecular formula is C14H22N2O4. The molecule has 2 rings (SSSR count). The molecule has 2 amide bonds. The summed E-state index contributed by atoms with van der Waals surface area (Å²) in [6.07, 6.45) is 3.08. The lowest BCUT2D eigenvalue weighted by atomic mass is 9.95. The molecule has 2 fully saturated rings. The Morgan fingerprint density at radius 3 is 2.30 bits per heavy atom. The van der Waals surface area contributed by atoms with E-state index in [9.17, 15) is 14.4 Å². The van der Waals surface area contributed by atoms with Crippen LogP contribution < -0.4 is 10.6 Å². The lowest BCUT2D eigenvalue weighted by molar-refractivity contribution is -0.146. The zero-order chi connectivity index (χ0) is 14.9. The number of carbonyl (C=O) groups is 3. The molecule has 2 aliphatic carbocycles. The second-order valence-electron chi connectivity index (χ2n) is 6.14. The van der Waals surface area contributed by atoms with Crippen molar-refractivity contribution in [3.8, 4) is 0 Å². The van der Waals surface area contributed by atoms with Crippen LogP contribution in [0.3, 0.4) is 0 Å². The number of carboxylic acid groups (broad SMARTS) is 1. The van der Waals surface area contributed by atoms with Crippen LogP contribution in [0, 0.1) is 17.8 Å². The molecule has 0 aliphatic heterocycles. The third-order valence-electron chi connectivity index (χ3n) is 4.13. The van der Waals surface area contributed by atoms with Crippen LogP contribution in [0.5, 0.6) is 0 Å². The number of carboxylic acids is 1. The van der Waals surface area contributed by atoms with E-state index >= 15 is 0 Å². The Bertz CT molecular complexity index is 419. The van der Waals surface area contributed by atoms with Gasteiger partial charge in [-0.3, -0.25) is 14.4 Å². The Morgan fingerprint density at radius 2 is 1.75 bits per heavy atom. The number of hydrogen-bond acceptors (Lipinski definition) is 3. The van der Waals surface area contributed by atoms with E-state index in [1.165, 1.54) is 0 Å². The molecule has 4 atom stereocenters. The Balaban J connectivity index is 1.89. The van der Waals surface area contributed by atoms with Gasteiger partial charge < -0.3 is 15.7 Å². The third-order valence-corrected chi connectivity index (χ3v) is 4.13. The lowest BCUT2D eigenvalue weighted by Gasteiger charge is -2.19. The number of hydrogen-bond donors (Lipinski definition) is 3. The van der Waals surface area contributed by atoms with Gasteiger partial charge in [-0.05, 0) is 38.5 Å². The van der Waals surface area contributed by atoms with Gasteiger partial charge in [0.05, 0.1) is 11.8 Å². The molecule has 2 unspecified atom stereocenters. The first kappa shape index (κ1) is 14.8. The van der Waals surface area contributed by atoms with Crippen LogP contribution in [0.2, 0.25) is 0 Å². The molecule has 2 aliphatic rings. The topological polar surface area (TPSA) is 95.5 Å². The molecule has 0 radical (unpaired) electrons. The summed E-state index contributed by atoms with van der Waals surface area (Å²) in [5.41, 5.74) is 0. The SMILES string of the molecule is CC1C[C@H](C(=O)NC(C)C(=O)NC2CC2)[C@H](C(=O)O)C1. The minimum Gasteiger partial charge on any atom is -0.481 e. The van der Waals surface area contributed by atoms with E-state index in [1.54, 1.807) is 6.92 Å². The Kier molecular flexibility index (Phi) is 4.30. The molecule has 0 saturated heterocycles. The average Bonchev–Trinajstić information content (AvgIpc) is 3.08. The molecule has 0 spiro atoms. The van der Waals surface area contributed by atoms with E-state index in [-0.39, 0.29) is 23.8 Å². The zero-order valence-electron chi connectivity index (χ0n) is 11.9. The summed E-state index contributed by atoms with van der Waals surface area (Å²) in [7, 11) is 0.